The molecule has 41 heavy (non-hydrogen) atoms. The number of methoxy groups -OCH3 is 3. The largest absolute Gasteiger partial charge is 0.491 e. The summed E-state index contributed by atoms with van der Waals surface area (Å²) < 4.78 is 49.0. The van der Waals surface area contributed by atoms with Crippen LogP contribution in [0.1, 0.15) is 29.0 Å². The molecule has 4 aromatic rings. The molecule has 0 bridgehead atoms. The number of rotatable bonds is 12. The highest BCUT2D eigenvalue weighted by Crippen LogP contribution is 2.51. The second kappa shape index (κ2) is 13.0. The molecule has 1 N–H and O–H groups in total. The van der Waals surface area contributed by atoms with Gasteiger partial charge >= 0.3 is 6.61 Å². The SMILES string of the molecule is COc1nc2ccc(Br)cc2cc1[C@@H](c1ccnc(OC)c1OC)[C@@](O)(CCN(C)C)c1cccc(OC(F)F)c1. The Labute approximate surface area is 246 Å². The van der Waals surface area contributed by atoms with E-state index in [1.54, 1.807) is 24.4 Å². The Morgan fingerprint density at radius 3 is 2.37 bits per heavy atom. The number of fused-ring (bicyclic) bond motifs is 1. The van der Waals surface area contributed by atoms with E-state index in [-0.39, 0.29) is 23.9 Å². The average molecular weight is 633 g/mol. The lowest BCUT2D eigenvalue weighted by atomic mass is 9.71. The Morgan fingerprint density at radius 1 is 0.951 bits per heavy atom. The van der Waals surface area contributed by atoms with Crippen molar-refractivity contribution in [2.24, 2.45) is 0 Å². The topological polar surface area (TPSA) is 86.2 Å². The van der Waals surface area contributed by atoms with Crippen molar-refractivity contribution >= 4 is 26.8 Å². The van der Waals surface area contributed by atoms with Gasteiger partial charge in [0.05, 0.1) is 32.8 Å². The molecule has 0 saturated heterocycles. The first-order valence-electron chi connectivity index (χ1n) is 12.7. The van der Waals surface area contributed by atoms with Gasteiger partial charge in [-0.15, -0.1) is 0 Å². The highest BCUT2D eigenvalue weighted by Gasteiger charge is 2.44. The zero-order valence-electron chi connectivity index (χ0n) is 23.4. The van der Waals surface area contributed by atoms with Crippen LogP contribution in [0.15, 0.2) is 65.3 Å². The van der Waals surface area contributed by atoms with E-state index in [9.17, 15) is 13.9 Å². The number of benzene rings is 2. The Kier molecular flexibility index (Phi) is 9.62. The summed E-state index contributed by atoms with van der Waals surface area (Å²) in [6, 6.07) is 15.4. The van der Waals surface area contributed by atoms with Crippen LogP contribution in [0.5, 0.6) is 23.3 Å². The Hall–Kier alpha value is -3.54. The smallest absolute Gasteiger partial charge is 0.387 e. The first-order valence-corrected chi connectivity index (χ1v) is 13.5. The van der Waals surface area contributed by atoms with E-state index >= 15 is 0 Å². The highest BCUT2D eigenvalue weighted by atomic mass is 79.9. The minimum absolute atomic E-state index is 0.0775. The number of aliphatic hydroxyl groups is 1. The molecule has 2 atom stereocenters. The Bertz CT molecular complexity index is 1510. The van der Waals surface area contributed by atoms with Crippen molar-refractivity contribution in [2.45, 2.75) is 24.6 Å². The lowest BCUT2D eigenvalue weighted by Crippen LogP contribution is -2.38. The number of pyridine rings is 2. The molecule has 8 nitrogen and oxygen atoms in total. The van der Waals surface area contributed by atoms with Gasteiger partial charge in [-0.1, -0.05) is 28.1 Å². The van der Waals surface area contributed by atoms with E-state index in [0.717, 1.165) is 9.86 Å². The molecule has 2 heterocycles. The molecule has 0 aliphatic heterocycles. The summed E-state index contributed by atoms with van der Waals surface area (Å²) in [6.45, 7) is -2.57. The van der Waals surface area contributed by atoms with Crippen LogP contribution in [0.25, 0.3) is 10.9 Å². The van der Waals surface area contributed by atoms with Crippen molar-refractivity contribution in [1.29, 1.82) is 0 Å². The maximum absolute atomic E-state index is 13.2. The summed E-state index contributed by atoms with van der Waals surface area (Å²) in [5.41, 5.74) is 0.425. The first kappa shape index (κ1) is 30.4. The molecule has 4 rings (SSSR count). The molecule has 218 valence electrons. The Morgan fingerprint density at radius 2 is 1.71 bits per heavy atom. The van der Waals surface area contributed by atoms with Crippen molar-refractivity contribution in [1.82, 2.24) is 14.9 Å². The van der Waals surface area contributed by atoms with Crippen LogP contribution in [-0.4, -0.2) is 68.6 Å². The van der Waals surface area contributed by atoms with E-state index in [1.807, 2.05) is 43.3 Å². The zero-order valence-corrected chi connectivity index (χ0v) is 25.0. The van der Waals surface area contributed by atoms with Crippen LogP contribution < -0.4 is 18.9 Å². The van der Waals surface area contributed by atoms with Gasteiger partial charge < -0.3 is 29.0 Å². The molecule has 0 radical (unpaired) electrons. The second-order valence-electron chi connectivity index (χ2n) is 9.68. The van der Waals surface area contributed by atoms with Gasteiger partial charge in [-0.3, -0.25) is 0 Å². The predicted octanol–water partition coefficient (Wildman–Crippen LogP) is 5.99. The molecule has 0 spiro atoms. The van der Waals surface area contributed by atoms with Crippen LogP contribution in [0.4, 0.5) is 8.78 Å². The maximum Gasteiger partial charge on any atom is 0.387 e. The molecule has 0 saturated carbocycles. The number of ether oxygens (including phenoxy) is 4. The summed E-state index contributed by atoms with van der Waals surface area (Å²) >= 11 is 3.53. The molecule has 2 aromatic carbocycles. The highest BCUT2D eigenvalue weighted by molar-refractivity contribution is 9.10. The quantitative estimate of drug-likeness (QED) is 0.204. The fourth-order valence-corrected chi connectivity index (χ4v) is 5.39. The molecular formula is C30H32BrF2N3O5. The van der Waals surface area contributed by atoms with Crippen LogP contribution in [0, 0.1) is 0 Å². The lowest BCUT2D eigenvalue weighted by Gasteiger charge is -2.39. The fourth-order valence-electron chi connectivity index (χ4n) is 5.01. The van der Waals surface area contributed by atoms with Crippen molar-refractivity contribution in [3.63, 3.8) is 0 Å². The van der Waals surface area contributed by atoms with E-state index in [1.165, 1.54) is 33.5 Å². The standard InChI is InChI=1S/C30H32BrF2N3O5/c1-36(2)14-12-30(37,19-7-6-8-21(17-19)41-29(32)33)25(22-11-13-34-28(40-5)26(22)38-3)23-16-18-15-20(31)9-10-24(18)35-27(23)39-4/h6-11,13,15-17,25,29,37H,12,14H2,1-5H3/t25-,30-/m1/s1. The van der Waals surface area contributed by atoms with E-state index in [0.29, 0.717) is 34.5 Å². The third-order valence-electron chi connectivity index (χ3n) is 6.86. The molecule has 2 aromatic heterocycles. The van der Waals surface area contributed by atoms with Gasteiger partial charge in [-0.05, 0) is 68.5 Å². The monoisotopic (exact) mass is 631 g/mol. The van der Waals surface area contributed by atoms with Crippen molar-refractivity contribution in [2.75, 3.05) is 42.0 Å². The summed E-state index contributed by atoms with van der Waals surface area (Å²) in [5, 5.41) is 13.7. The van der Waals surface area contributed by atoms with Crippen LogP contribution in [0.3, 0.4) is 0 Å². The zero-order chi connectivity index (χ0) is 29.7. The number of nitrogens with zero attached hydrogens (tertiary/aromatic N) is 3. The predicted molar refractivity (Wildman–Crippen MR) is 155 cm³/mol. The van der Waals surface area contributed by atoms with Gasteiger partial charge in [0.25, 0.3) is 5.88 Å². The summed E-state index contributed by atoms with van der Waals surface area (Å²) in [5.74, 6) is -0.158. The third kappa shape index (κ3) is 6.52. The molecule has 0 amide bonds. The van der Waals surface area contributed by atoms with Gasteiger partial charge in [0.15, 0.2) is 5.75 Å². The fraction of sp³-hybridized carbons (Fsp3) is 0.333. The normalized spacial score (nSPS) is 13.7. The van der Waals surface area contributed by atoms with Gasteiger partial charge in [-0.2, -0.15) is 8.78 Å². The van der Waals surface area contributed by atoms with Gasteiger partial charge in [0.1, 0.15) is 11.4 Å². The molecule has 0 aliphatic carbocycles. The van der Waals surface area contributed by atoms with Crippen molar-refractivity contribution in [3.8, 4) is 23.3 Å². The minimum atomic E-state index is -3.02. The maximum atomic E-state index is 13.2. The van der Waals surface area contributed by atoms with Crippen LogP contribution >= 0.6 is 15.9 Å². The number of aromatic nitrogens is 2. The Balaban J connectivity index is 2.10. The first-order chi connectivity index (χ1) is 19.6. The number of alkyl halides is 2. The van der Waals surface area contributed by atoms with Crippen molar-refractivity contribution < 1.29 is 32.8 Å². The number of hydrogen-bond acceptors (Lipinski definition) is 8. The van der Waals surface area contributed by atoms with Gasteiger partial charge in [0.2, 0.25) is 5.88 Å². The van der Waals surface area contributed by atoms with E-state index in [2.05, 4.69) is 20.9 Å². The van der Waals surface area contributed by atoms with E-state index < -0.39 is 18.1 Å². The molecule has 0 unspecified atom stereocenters. The van der Waals surface area contributed by atoms with E-state index in [4.69, 9.17) is 23.9 Å². The number of hydrogen-bond donors (Lipinski definition) is 1. The molecule has 0 fully saturated rings. The summed E-state index contributed by atoms with van der Waals surface area (Å²) in [4.78, 5) is 11.0. The number of halogens is 3. The molecule has 0 aliphatic rings. The minimum Gasteiger partial charge on any atom is -0.491 e. The third-order valence-corrected chi connectivity index (χ3v) is 7.35. The molecule has 11 heteroatoms. The summed E-state index contributed by atoms with van der Waals surface area (Å²) in [6.07, 6.45) is 1.75. The second-order valence-corrected chi connectivity index (χ2v) is 10.6. The molecular weight excluding hydrogens is 600 g/mol. The summed E-state index contributed by atoms with van der Waals surface area (Å²) in [7, 11) is 8.24. The average Bonchev–Trinajstić information content (AvgIpc) is 2.95. The lowest BCUT2D eigenvalue weighted by molar-refractivity contribution is -0.0505. The van der Waals surface area contributed by atoms with Gasteiger partial charge in [0, 0.05) is 33.7 Å². The van der Waals surface area contributed by atoms with Crippen LogP contribution in [0.2, 0.25) is 0 Å². The van der Waals surface area contributed by atoms with Gasteiger partial charge in [-0.25, -0.2) is 9.97 Å². The van der Waals surface area contributed by atoms with Crippen molar-refractivity contribution in [3.05, 3.63) is 82.0 Å². The van der Waals surface area contributed by atoms with Crippen LogP contribution in [-0.2, 0) is 5.60 Å².